The van der Waals surface area contributed by atoms with E-state index in [0.29, 0.717) is 12.1 Å². The van der Waals surface area contributed by atoms with E-state index in [-0.39, 0.29) is 5.56 Å². The van der Waals surface area contributed by atoms with Crippen LogP contribution in [0, 0.1) is 0 Å². The molecule has 2 aromatic carbocycles. The molecule has 3 rings (SSSR count). The van der Waals surface area contributed by atoms with Crippen molar-refractivity contribution in [1.29, 1.82) is 0 Å². The van der Waals surface area contributed by atoms with Gasteiger partial charge in [0, 0.05) is 18.4 Å². The number of carbonyl (C=O) groups is 1. The highest BCUT2D eigenvalue weighted by Gasteiger charge is 2.46. The Labute approximate surface area is 214 Å². The Balaban J connectivity index is 1.72. The van der Waals surface area contributed by atoms with Crippen molar-refractivity contribution >= 4 is 15.9 Å². The zero-order chi connectivity index (χ0) is 27.1. The molecule has 0 saturated carbocycles. The predicted octanol–water partition coefficient (Wildman–Crippen LogP) is 4.76. The number of halogens is 3. The largest absolute Gasteiger partial charge is 0.513 e. The lowest BCUT2D eigenvalue weighted by atomic mass is 10.0. The van der Waals surface area contributed by atoms with Crippen LogP contribution in [-0.4, -0.2) is 34.6 Å². The van der Waals surface area contributed by atoms with Crippen LogP contribution in [0.1, 0.15) is 67.1 Å². The fourth-order valence-electron chi connectivity index (χ4n) is 3.57. The minimum Gasteiger partial charge on any atom is -0.274 e. The topological polar surface area (TPSA) is 106 Å². The van der Waals surface area contributed by atoms with E-state index in [2.05, 4.69) is 13.8 Å². The maximum atomic E-state index is 12.5. The Hall–Kier alpha value is -3.25. The summed E-state index contributed by atoms with van der Waals surface area (Å²) in [6.45, 7) is 4.84. The highest BCUT2D eigenvalue weighted by Crippen LogP contribution is 2.23. The number of nitrogens with one attached hydrogen (secondary N) is 2. The summed E-state index contributed by atoms with van der Waals surface area (Å²) in [6, 6.07) is 13.8. The molecule has 0 aliphatic carbocycles. The molecule has 2 N–H and O–H groups in total. The monoisotopic (exact) mass is 537 g/mol. The molecule has 1 amide bonds. The van der Waals surface area contributed by atoms with Gasteiger partial charge in [0.05, 0.1) is 6.54 Å². The Morgan fingerprint density at radius 2 is 1.65 bits per heavy atom. The van der Waals surface area contributed by atoms with Gasteiger partial charge in [-0.3, -0.25) is 10.2 Å². The molecule has 1 heterocycles. The molecule has 37 heavy (non-hydrogen) atoms. The third kappa shape index (κ3) is 7.62. The molecule has 3 aromatic rings. The summed E-state index contributed by atoms with van der Waals surface area (Å²) in [4.78, 5) is 18.0. The molecule has 8 nitrogen and oxygen atoms in total. The molecule has 0 atom stereocenters. The molecule has 0 spiro atoms. The average molecular weight is 538 g/mol. The third-order valence-electron chi connectivity index (χ3n) is 5.65. The molecule has 12 heteroatoms. The maximum absolute atomic E-state index is 12.5. The molecular weight excluding hydrogens is 507 g/mol. The second-order valence-corrected chi connectivity index (χ2v) is 10.3. The Bertz CT molecular complexity index is 1310. The number of aryl methyl sites for hydroxylation is 2. The number of alkyl halides is 3. The summed E-state index contributed by atoms with van der Waals surface area (Å²) < 4.78 is 61.5. The summed E-state index contributed by atoms with van der Waals surface area (Å²) in [7, 11) is -5.70. The standard InChI is InChI=1S/C25H30F3N5O3S/c1-3-5-10-22-29-23(11-6-4-2)33(31-22)17-18-12-14-19(15-13-18)20-8-7-9-21(16-20)24(34)30-32-37(35,36)25(26,27)28/h7-9,12-16,32H,3-6,10-11,17H2,1-2H3,(H,30,34). The number of nitrogens with zero attached hydrogens (tertiary/aromatic N) is 3. The number of carbonyl (C=O) groups excluding carboxylic acids is 1. The quantitative estimate of drug-likeness (QED) is 0.324. The van der Waals surface area contributed by atoms with E-state index >= 15 is 0 Å². The number of benzene rings is 2. The number of amides is 1. The number of aromatic nitrogens is 3. The molecule has 0 radical (unpaired) electrons. The van der Waals surface area contributed by atoms with Crippen LogP contribution in [0.25, 0.3) is 11.1 Å². The molecule has 0 saturated heterocycles. The highest BCUT2D eigenvalue weighted by molar-refractivity contribution is 7.90. The van der Waals surface area contributed by atoms with Crippen molar-refractivity contribution in [3.05, 3.63) is 71.3 Å². The molecule has 200 valence electrons. The number of hydrazine groups is 1. The molecular formula is C25H30F3N5O3S. The van der Waals surface area contributed by atoms with Crippen molar-refractivity contribution in [3.63, 3.8) is 0 Å². The van der Waals surface area contributed by atoms with Crippen LogP contribution in [-0.2, 0) is 29.4 Å². The van der Waals surface area contributed by atoms with E-state index in [1.54, 1.807) is 17.6 Å². The van der Waals surface area contributed by atoms with Crippen LogP contribution in [0.3, 0.4) is 0 Å². The smallest absolute Gasteiger partial charge is 0.274 e. The zero-order valence-electron chi connectivity index (χ0n) is 20.7. The van der Waals surface area contributed by atoms with Gasteiger partial charge in [-0.2, -0.15) is 18.3 Å². The van der Waals surface area contributed by atoms with Crippen molar-refractivity contribution in [2.45, 2.75) is 64.4 Å². The van der Waals surface area contributed by atoms with Crippen molar-refractivity contribution < 1.29 is 26.4 Å². The van der Waals surface area contributed by atoms with Gasteiger partial charge < -0.3 is 0 Å². The second-order valence-electron chi connectivity index (χ2n) is 8.59. The van der Waals surface area contributed by atoms with Gasteiger partial charge in [0.1, 0.15) is 5.82 Å². The maximum Gasteiger partial charge on any atom is 0.513 e. The highest BCUT2D eigenvalue weighted by atomic mass is 32.2. The predicted molar refractivity (Wildman–Crippen MR) is 134 cm³/mol. The van der Waals surface area contributed by atoms with Crippen molar-refractivity contribution in [3.8, 4) is 11.1 Å². The molecule has 1 aromatic heterocycles. The lowest BCUT2D eigenvalue weighted by Gasteiger charge is -2.11. The van der Waals surface area contributed by atoms with Crippen LogP contribution < -0.4 is 10.3 Å². The minimum absolute atomic E-state index is 0.00533. The SMILES string of the molecule is CCCCc1nc(CCCC)n(Cc2ccc(-c3cccc(C(=O)NNS(=O)(=O)C(F)(F)F)c3)cc2)n1. The van der Waals surface area contributed by atoms with Crippen LogP contribution in [0.4, 0.5) is 13.2 Å². The van der Waals surface area contributed by atoms with Gasteiger partial charge in [-0.05, 0) is 41.7 Å². The van der Waals surface area contributed by atoms with E-state index < -0.39 is 21.4 Å². The van der Waals surface area contributed by atoms with Crippen molar-refractivity contribution in [2.24, 2.45) is 0 Å². The lowest BCUT2D eigenvalue weighted by Crippen LogP contribution is -2.47. The number of hydrogen-bond acceptors (Lipinski definition) is 5. The minimum atomic E-state index is -5.70. The van der Waals surface area contributed by atoms with Crippen LogP contribution in [0.2, 0.25) is 0 Å². The van der Waals surface area contributed by atoms with Gasteiger partial charge in [0.25, 0.3) is 5.91 Å². The van der Waals surface area contributed by atoms with Gasteiger partial charge in [0.2, 0.25) is 0 Å². The second kappa shape index (κ2) is 12.3. The fraction of sp³-hybridized carbons (Fsp3) is 0.400. The van der Waals surface area contributed by atoms with Crippen LogP contribution in [0.15, 0.2) is 48.5 Å². The summed E-state index contributed by atoms with van der Waals surface area (Å²) in [5.74, 6) is 0.810. The van der Waals surface area contributed by atoms with Gasteiger partial charge >= 0.3 is 15.5 Å². The normalized spacial score (nSPS) is 12.0. The summed E-state index contributed by atoms with van der Waals surface area (Å²) in [5, 5.41) is 4.70. The molecule has 0 unspecified atom stereocenters. The summed E-state index contributed by atoms with van der Waals surface area (Å²) in [6.07, 6.45) is 5.93. The first-order chi connectivity index (χ1) is 17.5. The number of rotatable bonds is 12. The van der Waals surface area contributed by atoms with Crippen LogP contribution >= 0.6 is 0 Å². The molecule has 0 aliphatic heterocycles. The first-order valence-electron chi connectivity index (χ1n) is 12.0. The van der Waals surface area contributed by atoms with Gasteiger partial charge in [0.15, 0.2) is 5.82 Å². The Kier molecular flexibility index (Phi) is 9.44. The first kappa shape index (κ1) is 28.3. The Morgan fingerprint density at radius 3 is 2.30 bits per heavy atom. The molecule has 0 aliphatic rings. The number of unbranched alkanes of at least 4 members (excludes halogenated alkanes) is 2. The number of hydrogen-bond donors (Lipinski definition) is 2. The van der Waals surface area contributed by atoms with Crippen LogP contribution in [0.5, 0.6) is 0 Å². The molecule has 0 bridgehead atoms. The summed E-state index contributed by atoms with van der Waals surface area (Å²) >= 11 is 0. The van der Waals surface area contributed by atoms with Crippen molar-refractivity contribution in [2.75, 3.05) is 0 Å². The number of sulfonamides is 1. The lowest BCUT2D eigenvalue weighted by molar-refractivity contribution is -0.0450. The average Bonchev–Trinajstić information content (AvgIpc) is 3.25. The first-order valence-corrected chi connectivity index (χ1v) is 13.5. The third-order valence-corrected chi connectivity index (χ3v) is 6.63. The van der Waals surface area contributed by atoms with E-state index in [1.807, 2.05) is 28.9 Å². The fourth-order valence-corrected chi connectivity index (χ4v) is 3.92. The van der Waals surface area contributed by atoms with E-state index in [9.17, 15) is 26.4 Å². The van der Waals surface area contributed by atoms with Crippen molar-refractivity contribution in [1.82, 2.24) is 25.0 Å². The van der Waals surface area contributed by atoms with Gasteiger partial charge in [-0.25, -0.2) is 18.1 Å². The van der Waals surface area contributed by atoms with Gasteiger partial charge in [-0.15, -0.1) is 4.83 Å². The van der Waals surface area contributed by atoms with Gasteiger partial charge in [-0.1, -0.05) is 63.1 Å². The van der Waals surface area contributed by atoms with E-state index in [0.717, 1.165) is 66.1 Å². The van der Waals surface area contributed by atoms with E-state index in [4.69, 9.17) is 10.1 Å². The molecule has 0 fully saturated rings. The summed E-state index contributed by atoms with van der Waals surface area (Å²) in [5.41, 5.74) is -1.52. The Morgan fingerprint density at radius 1 is 0.973 bits per heavy atom. The van der Waals surface area contributed by atoms with E-state index in [1.165, 1.54) is 12.1 Å². The zero-order valence-corrected chi connectivity index (χ0v) is 21.5.